The number of carboxylic acid groups (broad SMARTS) is 1. The number of thiazole rings is 1. The minimum absolute atomic E-state index is 0.0254. The number of thioether (sulfide) groups is 2. The highest BCUT2D eigenvalue weighted by Crippen LogP contribution is 2.55. The van der Waals surface area contributed by atoms with Crippen LogP contribution in [0.2, 0.25) is 0 Å². The molecule has 2 aliphatic heterocycles. The summed E-state index contributed by atoms with van der Waals surface area (Å²) in [6.07, 6.45) is 0.373. The number of nitrogens with zero attached hydrogens (tertiary/aromatic N) is 3. The zero-order chi connectivity index (χ0) is 27.8. The van der Waals surface area contributed by atoms with E-state index in [9.17, 15) is 29.1 Å². The van der Waals surface area contributed by atoms with Gasteiger partial charge in [-0.3, -0.25) is 9.59 Å². The van der Waals surface area contributed by atoms with Gasteiger partial charge in [0.2, 0.25) is 11.5 Å². The van der Waals surface area contributed by atoms with Crippen LogP contribution < -0.4 is 0 Å². The van der Waals surface area contributed by atoms with Crippen molar-refractivity contribution in [2.24, 2.45) is 11.1 Å². The van der Waals surface area contributed by atoms with E-state index in [1.165, 1.54) is 30.1 Å². The van der Waals surface area contributed by atoms with Gasteiger partial charge in [-0.1, -0.05) is 5.16 Å². The molecule has 2 aliphatic rings. The first-order valence-electron chi connectivity index (χ1n) is 11.3. The van der Waals surface area contributed by atoms with E-state index in [1.54, 1.807) is 33.1 Å². The average Bonchev–Trinajstić information content (AvgIpc) is 3.37. The average molecular weight is 572 g/mol. The third-order valence-electron chi connectivity index (χ3n) is 5.44. The Morgan fingerprint density at radius 1 is 1.32 bits per heavy atom. The minimum atomic E-state index is -1.51. The lowest BCUT2D eigenvalue weighted by molar-refractivity contribution is -0.179. The molecule has 202 valence electrons. The van der Waals surface area contributed by atoms with E-state index in [0.717, 1.165) is 23.5 Å². The van der Waals surface area contributed by atoms with Crippen LogP contribution in [0.15, 0.2) is 10.5 Å². The van der Waals surface area contributed by atoms with E-state index >= 15 is 0 Å². The fourth-order valence-corrected chi connectivity index (χ4v) is 7.04. The lowest BCUT2D eigenvalue weighted by Crippen LogP contribution is -2.57. The lowest BCUT2D eigenvalue weighted by atomic mass is 9.90. The van der Waals surface area contributed by atoms with Crippen LogP contribution in [0.4, 0.5) is 0 Å². The molecule has 1 aromatic rings. The van der Waals surface area contributed by atoms with Gasteiger partial charge in [0, 0.05) is 11.8 Å². The fourth-order valence-electron chi connectivity index (χ4n) is 3.59. The Hall–Kier alpha value is -2.45. The van der Waals surface area contributed by atoms with Crippen molar-refractivity contribution in [3.05, 3.63) is 16.1 Å². The molecule has 0 spiro atoms. The highest BCUT2D eigenvalue weighted by atomic mass is 32.2. The lowest BCUT2D eigenvalue weighted by Gasteiger charge is -2.41. The number of β-lactam (4-membered cyclic amide) rings is 1. The maximum absolute atomic E-state index is 13.4. The van der Waals surface area contributed by atoms with Crippen molar-refractivity contribution in [1.29, 1.82) is 0 Å². The number of fused-ring (bicyclic) bond motifs is 1. The zero-order valence-electron chi connectivity index (χ0n) is 21.3. The second-order valence-electron chi connectivity index (χ2n) is 10.0. The maximum Gasteiger partial charge on any atom is 0.353 e. The number of aliphatic carboxylic acids is 1. The summed E-state index contributed by atoms with van der Waals surface area (Å²) in [7, 11) is 0. The molecule has 1 amide bonds. The third kappa shape index (κ3) is 6.34. The number of aldehydes is 1. The summed E-state index contributed by atoms with van der Waals surface area (Å²) in [6, 6.07) is 0. The Bertz CT molecular complexity index is 1140. The summed E-state index contributed by atoms with van der Waals surface area (Å²) in [5.74, 6) is -3.46. The molecule has 1 aromatic heterocycles. The molecule has 2 saturated heterocycles. The molecular formula is C23H29N3O8S3. The van der Waals surface area contributed by atoms with Crippen LogP contribution in [0.3, 0.4) is 0 Å². The van der Waals surface area contributed by atoms with Gasteiger partial charge in [0.25, 0.3) is 0 Å². The Morgan fingerprint density at radius 3 is 2.54 bits per heavy atom. The third-order valence-corrected chi connectivity index (χ3v) is 9.44. The summed E-state index contributed by atoms with van der Waals surface area (Å²) in [5.41, 5.74) is -2.16. The number of rotatable bonds is 11. The molecule has 0 unspecified atom stereocenters. The second kappa shape index (κ2) is 10.7. The summed E-state index contributed by atoms with van der Waals surface area (Å²) < 4.78 is 4.00. The molecule has 37 heavy (non-hydrogen) atoms. The van der Waals surface area contributed by atoms with Gasteiger partial charge in [-0.15, -0.1) is 34.9 Å². The van der Waals surface area contributed by atoms with Crippen molar-refractivity contribution in [2.45, 2.75) is 68.6 Å². The quantitative estimate of drug-likeness (QED) is 0.137. The first kappa shape index (κ1) is 29.1. The fraction of sp³-hybridized carbons (Fsp3) is 0.609. The summed E-state index contributed by atoms with van der Waals surface area (Å²) in [6.45, 7) is 9.77. The molecule has 3 atom stereocenters. The molecule has 0 aliphatic carbocycles. The number of aromatic nitrogens is 1. The highest BCUT2D eigenvalue weighted by Gasteiger charge is 2.62. The number of carbonyl (C=O) groups excluding carboxylic acids is 4. The van der Waals surface area contributed by atoms with E-state index in [1.807, 2.05) is 0 Å². The molecule has 3 rings (SSSR count). The van der Waals surface area contributed by atoms with E-state index in [2.05, 4.69) is 10.1 Å². The summed E-state index contributed by atoms with van der Waals surface area (Å²) in [5, 5.41) is 15.5. The van der Waals surface area contributed by atoms with Crippen molar-refractivity contribution in [2.75, 3.05) is 12.3 Å². The molecule has 3 heterocycles. The van der Waals surface area contributed by atoms with Crippen LogP contribution in [0, 0.1) is 12.8 Å². The zero-order valence-corrected chi connectivity index (χ0v) is 23.8. The van der Waals surface area contributed by atoms with Gasteiger partial charge in [0.05, 0.1) is 28.6 Å². The van der Waals surface area contributed by atoms with Crippen LogP contribution in [0.25, 0.3) is 0 Å². The molecular weight excluding hydrogens is 542 g/mol. The summed E-state index contributed by atoms with van der Waals surface area (Å²) in [4.78, 5) is 72.7. The van der Waals surface area contributed by atoms with E-state index in [4.69, 9.17) is 9.57 Å². The second-order valence-corrected chi connectivity index (χ2v) is 14.1. The molecule has 0 aromatic carbocycles. The van der Waals surface area contributed by atoms with Crippen LogP contribution in [-0.2, 0) is 33.5 Å². The van der Waals surface area contributed by atoms with Gasteiger partial charge >= 0.3 is 11.9 Å². The number of ketones is 1. The number of hydrogen-bond donors (Lipinski definition) is 1. The van der Waals surface area contributed by atoms with Crippen LogP contribution in [0.1, 0.15) is 51.7 Å². The first-order valence-corrected chi connectivity index (χ1v) is 14.1. The predicted molar refractivity (Wildman–Crippen MR) is 139 cm³/mol. The number of esters is 1. The Balaban J connectivity index is 1.80. The van der Waals surface area contributed by atoms with Crippen molar-refractivity contribution >= 4 is 70.5 Å². The Morgan fingerprint density at radius 2 is 2.00 bits per heavy atom. The molecule has 1 N–H and O–H groups in total. The number of ether oxygens (including phenoxy) is 1. The molecule has 0 saturated carbocycles. The maximum atomic E-state index is 13.4. The van der Waals surface area contributed by atoms with E-state index < -0.39 is 44.3 Å². The van der Waals surface area contributed by atoms with Crippen LogP contribution in [0.5, 0.6) is 0 Å². The monoisotopic (exact) mass is 571 g/mol. The minimum Gasteiger partial charge on any atom is -0.480 e. The summed E-state index contributed by atoms with van der Waals surface area (Å²) >= 11 is 3.31. The van der Waals surface area contributed by atoms with Crippen molar-refractivity contribution in [3.63, 3.8) is 0 Å². The number of carbonyl (C=O) groups is 5. The first-order chi connectivity index (χ1) is 17.1. The van der Waals surface area contributed by atoms with Gasteiger partial charge in [-0.2, -0.15) is 0 Å². The van der Waals surface area contributed by atoms with Crippen molar-refractivity contribution in [3.8, 4) is 0 Å². The van der Waals surface area contributed by atoms with E-state index in [-0.39, 0.29) is 36.0 Å². The Labute approximate surface area is 226 Å². The molecule has 2 fully saturated rings. The van der Waals surface area contributed by atoms with Crippen LogP contribution >= 0.6 is 34.9 Å². The predicted octanol–water partition coefficient (Wildman–Crippen LogP) is 2.50. The molecule has 11 nitrogen and oxygen atoms in total. The van der Waals surface area contributed by atoms with E-state index in [0.29, 0.717) is 11.3 Å². The number of amides is 1. The van der Waals surface area contributed by atoms with Gasteiger partial charge in [0.1, 0.15) is 17.6 Å². The van der Waals surface area contributed by atoms with Crippen LogP contribution in [-0.4, -0.2) is 83.6 Å². The van der Waals surface area contributed by atoms with Gasteiger partial charge < -0.3 is 24.4 Å². The smallest absolute Gasteiger partial charge is 0.353 e. The number of Topliss-reactive ketones (excluding diaryl/α,β-unsaturated/α-hetero) is 1. The SMILES string of the molecule is Cc1nc(/C(=N/OC(C)(C)C(=O)OC(C)(C)C)C(=O)C[C@@H]2C(=O)N3C[C@](SCC=O)(C(=O)O)S[C@H]23)cs1. The Kier molecular flexibility index (Phi) is 8.44. The number of oxime groups is 1. The van der Waals surface area contributed by atoms with Crippen molar-refractivity contribution in [1.82, 2.24) is 9.88 Å². The topological polar surface area (TPSA) is 153 Å². The standard InChI is InChI=1S/C23H29N3O8S3/c1-12-24-14(10-35-12)16(25-34-22(5,6)20(32)33-21(2,3)4)15(28)9-13-17(29)26-11-23(19(30)31,36-8-7-27)37-18(13)26/h7,10,13,18H,8-9,11H2,1-6H3,(H,30,31)/b25-16-/t13-,18-,23-/m1/s1. The van der Waals surface area contributed by atoms with Gasteiger partial charge in [0.15, 0.2) is 15.6 Å². The van der Waals surface area contributed by atoms with Crippen molar-refractivity contribution < 1.29 is 38.7 Å². The van der Waals surface area contributed by atoms with Gasteiger partial charge in [-0.25, -0.2) is 14.6 Å². The van der Waals surface area contributed by atoms with Gasteiger partial charge in [-0.05, 0) is 41.5 Å². The molecule has 0 bridgehead atoms. The highest BCUT2D eigenvalue weighted by molar-refractivity contribution is 8.20. The normalized spacial score (nSPS) is 23.8. The number of hydrogen-bond acceptors (Lipinski definition) is 12. The largest absolute Gasteiger partial charge is 0.480 e. The number of carboxylic acids is 1. The molecule has 14 heteroatoms. The molecule has 0 radical (unpaired) electrons. The number of aryl methyl sites for hydroxylation is 1.